The molecule has 0 aromatic heterocycles. The maximum absolute atomic E-state index is 13.3. The summed E-state index contributed by atoms with van der Waals surface area (Å²) in [6, 6.07) is 17.9. The van der Waals surface area contributed by atoms with E-state index in [0.29, 0.717) is 25.8 Å². The summed E-state index contributed by atoms with van der Waals surface area (Å²) in [4.78, 5) is 40.0. The van der Waals surface area contributed by atoms with Gasteiger partial charge in [0.2, 0.25) is 5.91 Å². The summed E-state index contributed by atoms with van der Waals surface area (Å²) in [5.74, 6) is -0.698. The summed E-state index contributed by atoms with van der Waals surface area (Å²) >= 11 is 0. The molecule has 2 atom stereocenters. The summed E-state index contributed by atoms with van der Waals surface area (Å²) in [5, 5.41) is 3.03. The van der Waals surface area contributed by atoms with Gasteiger partial charge in [-0.15, -0.1) is 0 Å². The van der Waals surface area contributed by atoms with Gasteiger partial charge in [0.15, 0.2) is 0 Å². The SMILES string of the molecule is COC(=O)C(C)(C)[C@H](Cc1ccccc1)NC(=O)[C@@H]1CCCN1C(=O)OCc1ccccc1. The van der Waals surface area contributed by atoms with Crippen molar-refractivity contribution in [3.63, 3.8) is 0 Å². The Labute approximate surface area is 195 Å². The van der Waals surface area contributed by atoms with E-state index < -0.39 is 29.6 Å². The van der Waals surface area contributed by atoms with Crippen molar-refractivity contribution in [2.75, 3.05) is 13.7 Å². The number of carbonyl (C=O) groups excluding carboxylic acids is 3. The second-order valence-electron chi connectivity index (χ2n) is 8.86. The number of nitrogens with zero attached hydrogens (tertiary/aromatic N) is 1. The highest BCUT2D eigenvalue weighted by Gasteiger charge is 2.42. The number of ether oxygens (including phenoxy) is 2. The van der Waals surface area contributed by atoms with Crippen LogP contribution >= 0.6 is 0 Å². The first-order valence-corrected chi connectivity index (χ1v) is 11.2. The number of hydrogen-bond acceptors (Lipinski definition) is 5. The molecule has 176 valence electrons. The van der Waals surface area contributed by atoms with Crippen molar-refractivity contribution in [2.45, 2.75) is 51.8 Å². The molecule has 3 rings (SSSR count). The zero-order chi connectivity index (χ0) is 23.8. The predicted octanol–water partition coefficient (Wildman–Crippen LogP) is 3.71. The van der Waals surface area contributed by atoms with E-state index in [4.69, 9.17) is 9.47 Å². The van der Waals surface area contributed by atoms with Crippen molar-refractivity contribution in [3.8, 4) is 0 Å². The number of benzene rings is 2. The fourth-order valence-corrected chi connectivity index (χ4v) is 4.07. The van der Waals surface area contributed by atoms with E-state index in [0.717, 1.165) is 11.1 Å². The summed E-state index contributed by atoms with van der Waals surface area (Å²) in [6.45, 7) is 4.12. The van der Waals surface area contributed by atoms with Gasteiger partial charge in [0, 0.05) is 12.6 Å². The third-order valence-electron chi connectivity index (χ3n) is 6.18. The summed E-state index contributed by atoms with van der Waals surface area (Å²) in [7, 11) is 1.34. The van der Waals surface area contributed by atoms with Crippen LogP contribution in [0.5, 0.6) is 0 Å². The Morgan fingerprint density at radius 1 is 1.03 bits per heavy atom. The van der Waals surface area contributed by atoms with Gasteiger partial charge >= 0.3 is 12.1 Å². The Kier molecular flexibility index (Phi) is 8.09. The molecule has 2 aromatic carbocycles. The Morgan fingerprint density at radius 2 is 1.64 bits per heavy atom. The predicted molar refractivity (Wildman–Crippen MR) is 124 cm³/mol. The molecule has 1 fully saturated rings. The minimum atomic E-state index is -0.961. The number of hydrogen-bond donors (Lipinski definition) is 1. The summed E-state index contributed by atoms with van der Waals surface area (Å²) < 4.78 is 10.4. The summed E-state index contributed by atoms with van der Waals surface area (Å²) in [6.07, 6.45) is 1.20. The highest BCUT2D eigenvalue weighted by Crippen LogP contribution is 2.27. The average molecular weight is 453 g/mol. The van der Waals surface area contributed by atoms with E-state index in [1.54, 1.807) is 13.8 Å². The zero-order valence-corrected chi connectivity index (χ0v) is 19.5. The number of esters is 1. The smallest absolute Gasteiger partial charge is 0.410 e. The summed E-state index contributed by atoms with van der Waals surface area (Å²) in [5.41, 5.74) is 0.913. The third kappa shape index (κ3) is 6.12. The Hall–Kier alpha value is -3.35. The van der Waals surface area contributed by atoms with Crippen molar-refractivity contribution >= 4 is 18.0 Å². The van der Waals surface area contributed by atoms with Crippen LogP contribution in [0.15, 0.2) is 60.7 Å². The van der Waals surface area contributed by atoms with E-state index in [1.807, 2.05) is 60.7 Å². The molecule has 0 radical (unpaired) electrons. The zero-order valence-electron chi connectivity index (χ0n) is 19.5. The van der Waals surface area contributed by atoms with Crippen LogP contribution in [0, 0.1) is 5.41 Å². The van der Waals surface area contributed by atoms with Crippen LogP contribution in [-0.2, 0) is 32.1 Å². The van der Waals surface area contributed by atoms with Gasteiger partial charge in [0.05, 0.1) is 12.5 Å². The lowest BCUT2D eigenvalue weighted by atomic mass is 9.80. The molecule has 1 heterocycles. The average Bonchev–Trinajstić information content (AvgIpc) is 3.33. The molecule has 7 nitrogen and oxygen atoms in total. The van der Waals surface area contributed by atoms with Gasteiger partial charge in [-0.3, -0.25) is 14.5 Å². The molecular weight excluding hydrogens is 420 g/mol. The van der Waals surface area contributed by atoms with Crippen LogP contribution in [0.1, 0.15) is 37.8 Å². The molecule has 2 amide bonds. The first-order chi connectivity index (χ1) is 15.8. The first kappa shape index (κ1) is 24.3. The van der Waals surface area contributed by atoms with Gasteiger partial charge in [0.25, 0.3) is 0 Å². The molecule has 1 aliphatic heterocycles. The molecule has 1 aliphatic rings. The molecular formula is C26H32N2O5. The Balaban J connectivity index is 1.70. The van der Waals surface area contributed by atoms with Crippen molar-refractivity contribution in [1.82, 2.24) is 10.2 Å². The van der Waals surface area contributed by atoms with E-state index in [-0.39, 0.29) is 12.5 Å². The maximum atomic E-state index is 13.3. The lowest BCUT2D eigenvalue weighted by molar-refractivity contribution is -0.153. The topological polar surface area (TPSA) is 84.9 Å². The van der Waals surface area contributed by atoms with Gasteiger partial charge in [-0.05, 0) is 44.2 Å². The lowest BCUT2D eigenvalue weighted by Gasteiger charge is -2.34. The minimum Gasteiger partial charge on any atom is -0.469 e. The molecule has 1 N–H and O–H groups in total. The normalized spacial score (nSPS) is 16.7. The van der Waals surface area contributed by atoms with E-state index in [9.17, 15) is 14.4 Å². The lowest BCUT2D eigenvalue weighted by Crippen LogP contribution is -2.55. The number of likely N-dealkylation sites (tertiary alicyclic amines) is 1. The van der Waals surface area contributed by atoms with Crippen molar-refractivity contribution in [2.24, 2.45) is 5.41 Å². The number of carbonyl (C=O) groups is 3. The molecule has 1 saturated heterocycles. The van der Waals surface area contributed by atoms with E-state index in [2.05, 4.69) is 5.32 Å². The molecule has 0 spiro atoms. The standard InChI is InChI=1S/C26H32N2O5/c1-26(2,24(30)32-3)22(17-19-11-6-4-7-12-19)27-23(29)21-15-10-16-28(21)25(31)33-18-20-13-8-5-9-14-20/h4-9,11-14,21-22H,10,15-18H2,1-3H3,(H,27,29)/t21-,22-/m0/s1. The van der Waals surface area contributed by atoms with Crippen LogP contribution in [0.3, 0.4) is 0 Å². The number of rotatable bonds is 8. The molecule has 0 aliphatic carbocycles. The monoisotopic (exact) mass is 452 g/mol. The molecule has 0 saturated carbocycles. The van der Waals surface area contributed by atoms with Gasteiger partial charge in [-0.2, -0.15) is 0 Å². The van der Waals surface area contributed by atoms with Crippen molar-refractivity contribution in [1.29, 1.82) is 0 Å². The molecule has 2 aromatic rings. The molecule has 0 bridgehead atoms. The molecule has 33 heavy (non-hydrogen) atoms. The fraction of sp³-hybridized carbons (Fsp3) is 0.423. The van der Waals surface area contributed by atoms with Gasteiger partial charge in [0.1, 0.15) is 12.6 Å². The highest BCUT2D eigenvalue weighted by molar-refractivity contribution is 5.87. The van der Waals surface area contributed by atoms with E-state index >= 15 is 0 Å². The molecule has 7 heteroatoms. The molecule has 0 unspecified atom stereocenters. The van der Waals surface area contributed by atoms with Crippen LogP contribution in [0.4, 0.5) is 4.79 Å². The fourth-order valence-electron chi connectivity index (χ4n) is 4.07. The largest absolute Gasteiger partial charge is 0.469 e. The van der Waals surface area contributed by atoms with Crippen LogP contribution in [-0.4, -0.2) is 48.6 Å². The number of amides is 2. The Morgan fingerprint density at radius 3 is 2.24 bits per heavy atom. The second-order valence-corrected chi connectivity index (χ2v) is 8.86. The quantitative estimate of drug-likeness (QED) is 0.617. The Bertz CT molecular complexity index is 946. The first-order valence-electron chi connectivity index (χ1n) is 11.2. The number of nitrogens with one attached hydrogen (secondary N) is 1. The second kappa shape index (κ2) is 11.0. The van der Waals surface area contributed by atoms with Crippen LogP contribution < -0.4 is 5.32 Å². The highest BCUT2D eigenvalue weighted by atomic mass is 16.6. The van der Waals surface area contributed by atoms with Crippen LogP contribution in [0.25, 0.3) is 0 Å². The van der Waals surface area contributed by atoms with Gasteiger partial charge in [-0.25, -0.2) is 4.79 Å². The van der Waals surface area contributed by atoms with Gasteiger partial charge < -0.3 is 14.8 Å². The van der Waals surface area contributed by atoms with Gasteiger partial charge in [-0.1, -0.05) is 60.7 Å². The third-order valence-corrected chi connectivity index (χ3v) is 6.18. The van der Waals surface area contributed by atoms with Crippen molar-refractivity contribution < 1.29 is 23.9 Å². The van der Waals surface area contributed by atoms with Crippen LogP contribution in [0.2, 0.25) is 0 Å². The number of methoxy groups -OCH3 is 1. The maximum Gasteiger partial charge on any atom is 0.410 e. The van der Waals surface area contributed by atoms with E-state index in [1.165, 1.54) is 12.0 Å². The minimum absolute atomic E-state index is 0.149. The van der Waals surface area contributed by atoms with Crippen molar-refractivity contribution in [3.05, 3.63) is 71.8 Å².